The van der Waals surface area contributed by atoms with Crippen LogP contribution in [0.5, 0.6) is 5.75 Å². The molecule has 0 aliphatic heterocycles. The van der Waals surface area contributed by atoms with Gasteiger partial charge in [0.15, 0.2) is 0 Å². The summed E-state index contributed by atoms with van der Waals surface area (Å²) in [7, 11) is 0. The van der Waals surface area contributed by atoms with Gasteiger partial charge in [-0.05, 0) is 54.4 Å². The molecule has 0 heterocycles. The van der Waals surface area contributed by atoms with Gasteiger partial charge in [0.2, 0.25) is 0 Å². The fourth-order valence-corrected chi connectivity index (χ4v) is 2.87. The minimum Gasteiger partial charge on any atom is -0.427 e. The van der Waals surface area contributed by atoms with Crippen molar-refractivity contribution in [2.45, 2.75) is 12.8 Å². The number of nitrogens with one attached hydrogen (secondary N) is 1. The average Bonchev–Trinajstić information content (AvgIpc) is 2.70. The van der Waals surface area contributed by atoms with Crippen molar-refractivity contribution in [3.05, 3.63) is 94.0 Å². The minimum atomic E-state index is -0.342. The van der Waals surface area contributed by atoms with E-state index in [1.807, 2.05) is 30.3 Å². The second-order valence-corrected chi connectivity index (χ2v) is 6.91. The van der Waals surface area contributed by atoms with Crippen LogP contribution < -0.4 is 10.1 Å². The molecule has 142 valence electrons. The van der Waals surface area contributed by atoms with Crippen LogP contribution in [0.4, 0.5) is 5.69 Å². The van der Waals surface area contributed by atoms with Gasteiger partial charge < -0.3 is 10.1 Å². The Labute approximate surface area is 173 Å². The summed E-state index contributed by atoms with van der Waals surface area (Å²) >= 11 is 12.0. The summed E-state index contributed by atoms with van der Waals surface area (Å²) in [6, 6.07) is 20.9. The Morgan fingerprint density at radius 2 is 1.61 bits per heavy atom. The molecule has 4 nitrogen and oxygen atoms in total. The van der Waals surface area contributed by atoms with Gasteiger partial charge in [0.05, 0.1) is 10.7 Å². The van der Waals surface area contributed by atoms with Gasteiger partial charge in [-0.25, -0.2) is 0 Å². The Morgan fingerprint density at radius 3 is 2.32 bits per heavy atom. The van der Waals surface area contributed by atoms with Crippen LogP contribution in [-0.4, -0.2) is 11.9 Å². The third kappa shape index (κ3) is 5.59. The average molecular weight is 414 g/mol. The molecule has 3 aromatic carbocycles. The fourth-order valence-electron chi connectivity index (χ4n) is 2.54. The number of carbonyl (C=O) groups is 2. The fraction of sp³-hybridized carbons (Fsp3) is 0.0909. The van der Waals surface area contributed by atoms with Gasteiger partial charge in [0.25, 0.3) is 5.91 Å². The van der Waals surface area contributed by atoms with E-state index in [9.17, 15) is 9.59 Å². The molecule has 0 aromatic heterocycles. The quantitative estimate of drug-likeness (QED) is 0.411. The van der Waals surface area contributed by atoms with E-state index in [1.165, 1.54) is 0 Å². The summed E-state index contributed by atoms with van der Waals surface area (Å²) in [6.45, 7) is 0. The molecular formula is C22H17Cl2NO3. The predicted octanol–water partition coefficient (Wildman–Crippen LogP) is 5.78. The van der Waals surface area contributed by atoms with Gasteiger partial charge >= 0.3 is 5.97 Å². The molecule has 0 saturated heterocycles. The maximum Gasteiger partial charge on any atom is 0.311 e. The van der Waals surface area contributed by atoms with E-state index in [0.29, 0.717) is 33.5 Å². The molecule has 28 heavy (non-hydrogen) atoms. The second kappa shape index (κ2) is 9.40. The van der Waals surface area contributed by atoms with E-state index in [4.69, 9.17) is 27.9 Å². The molecule has 3 rings (SSSR count). The largest absolute Gasteiger partial charge is 0.427 e. The van der Waals surface area contributed by atoms with Gasteiger partial charge in [-0.1, -0.05) is 53.5 Å². The van der Waals surface area contributed by atoms with Crippen molar-refractivity contribution in [3.8, 4) is 5.75 Å². The lowest BCUT2D eigenvalue weighted by Gasteiger charge is -2.09. The van der Waals surface area contributed by atoms with Gasteiger partial charge in [-0.3, -0.25) is 9.59 Å². The highest BCUT2D eigenvalue weighted by atomic mass is 35.5. The van der Waals surface area contributed by atoms with Crippen LogP contribution in [0.3, 0.4) is 0 Å². The smallest absolute Gasteiger partial charge is 0.311 e. The van der Waals surface area contributed by atoms with Crippen molar-refractivity contribution in [2.24, 2.45) is 0 Å². The third-order valence-corrected chi connectivity index (χ3v) is 4.55. The molecule has 0 fully saturated rings. The molecule has 1 amide bonds. The van der Waals surface area contributed by atoms with Crippen molar-refractivity contribution in [2.75, 3.05) is 5.32 Å². The number of carbonyl (C=O) groups excluding carboxylic acids is 2. The van der Waals surface area contributed by atoms with Crippen LogP contribution in [0.2, 0.25) is 10.0 Å². The van der Waals surface area contributed by atoms with E-state index in [0.717, 1.165) is 5.56 Å². The van der Waals surface area contributed by atoms with Gasteiger partial charge in [-0.2, -0.15) is 0 Å². The van der Waals surface area contributed by atoms with Crippen LogP contribution in [-0.2, 0) is 11.2 Å². The lowest BCUT2D eigenvalue weighted by molar-refractivity contribution is -0.134. The van der Waals surface area contributed by atoms with Crippen LogP contribution in [0.1, 0.15) is 22.3 Å². The number of hydrogen-bond acceptors (Lipinski definition) is 3. The number of hydrogen-bond donors (Lipinski definition) is 1. The monoisotopic (exact) mass is 413 g/mol. The molecule has 0 spiro atoms. The maximum atomic E-state index is 12.3. The summed E-state index contributed by atoms with van der Waals surface area (Å²) in [6.07, 6.45) is 0.889. The first-order chi connectivity index (χ1) is 13.5. The van der Waals surface area contributed by atoms with Crippen molar-refractivity contribution in [1.82, 2.24) is 0 Å². The van der Waals surface area contributed by atoms with Crippen molar-refractivity contribution in [3.63, 3.8) is 0 Å². The Bertz CT molecular complexity index is 973. The molecule has 1 N–H and O–H groups in total. The summed E-state index contributed by atoms with van der Waals surface area (Å²) in [4.78, 5) is 24.3. The first-order valence-corrected chi connectivity index (χ1v) is 9.38. The normalized spacial score (nSPS) is 10.4. The van der Waals surface area contributed by atoms with Crippen molar-refractivity contribution >= 4 is 40.8 Å². The number of amides is 1. The number of aryl methyl sites for hydroxylation is 1. The Hall–Kier alpha value is -2.82. The lowest BCUT2D eigenvalue weighted by atomic mass is 10.1. The van der Waals surface area contributed by atoms with E-state index in [2.05, 4.69) is 5.32 Å². The molecule has 0 radical (unpaired) electrons. The number of anilines is 1. The summed E-state index contributed by atoms with van der Waals surface area (Å²) in [5.74, 6) is -0.284. The molecule has 0 aliphatic carbocycles. The van der Waals surface area contributed by atoms with E-state index >= 15 is 0 Å². The van der Waals surface area contributed by atoms with Crippen molar-refractivity contribution < 1.29 is 14.3 Å². The number of rotatable bonds is 6. The molecule has 0 atom stereocenters. The van der Waals surface area contributed by atoms with E-state index in [-0.39, 0.29) is 18.3 Å². The molecular weight excluding hydrogens is 397 g/mol. The van der Waals surface area contributed by atoms with E-state index < -0.39 is 0 Å². The second-order valence-electron chi connectivity index (χ2n) is 6.06. The van der Waals surface area contributed by atoms with Gasteiger partial charge in [0, 0.05) is 17.0 Å². The number of halogens is 2. The van der Waals surface area contributed by atoms with Crippen molar-refractivity contribution in [1.29, 1.82) is 0 Å². The first-order valence-electron chi connectivity index (χ1n) is 8.62. The topological polar surface area (TPSA) is 55.4 Å². The van der Waals surface area contributed by atoms with Gasteiger partial charge in [-0.15, -0.1) is 0 Å². The first kappa shape index (κ1) is 19.9. The van der Waals surface area contributed by atoms with Crippen LogP contribution in [0.15, 0.2) is 72.8 Å². The zero-order chi connectivity index (χ0) is 19.9. The summed E-state index contributed by atoms with van der Waals surface area (Å²) in [5, 5.41) is 3.56. The zero-order valence-electron chi connectivity index (χ0n) is 14.8. The van der Waals surface area contributed by atoms with Crippen LogP contribution >= 0.6 is 23.2 Å². The highest BCUT2D eigenvalue weighted by molar-refractivity contribution is 6.35. The highest BCUT2D eigenvalue weighted by Crippen LogP contribution is 2.26. The Balaban J connectivity index is 1.56. The maximum absolute atomic E-state index is 12.3. The highest BCUT2D eigenvalue weighted by Gasteiger charge is 2.11. The SMILES string of the molecule is O=C(CCc1ccccc1)Oc1ccc(C(=O)Nc2cc(Cl)ccc2Cl)cc1. The Kier molecular flexibility index (Phi) is 6.69. The molecule has 0 bridgehead atoms. The summed E-state index contributed by atoms with van der Waals surface area (Å²) in [5.41, 5.74) is 1.90. The van der Waals surface area contributed by atoms with Crippen LogP contribution in [0.25, 0.3) is 0 Å². The Morgan fingerprint density at radius 1 is 0.893 bits per heavy atom. The summed E-state index contributed by atoms with van der Waals surface area (Å²) < 4.78 is 5.31. The predicted molar refractivity (Wildman–Crippen MR) is 111 cm³/mol. The van der Waals surface area contributed by atoms with Crippen LogP contribution in [0, 0.1) is 0 Å². The molecule has 6 heteroatoms. The molecule has 0 saturated carbocycles. The number of ether oxygens (including phenoxy) is 1. The van der Waals surface area contributed by atoms with E-state index in [1.54, 1.807) is 42.5 Å². The number of benzene rings is 3. The lowest BCUT2D eigenvalue weighted by Crippen LogP contribution is -2.13. The van der Waals surface area contributed by atoms with Gasteiger partial charge in [0.1, 0.15) is 5.75 Å². The molecule has 0 unspecified atom stereocenters. The third-order valence-electron chi connectivity index (χ3n) is 3.99. The number of esters is 1. The zero-order valence-corrected chi connectivity index (χ0v) is 16.3. The molecule has 3 aromatic rings. The minimum absolute atomic E-state index is 0.277. The molecule has 0 aliphatic rings. The standard InChI is InChI=1S/C22H17Cl2NO3/c23-17-9-12-19(24)20(14-17)25-22(27)16-7-10-18(11-8-16)28-21(26)13-6-15-4-2-1-3-5-15/h1-5,7-12,14H,6,13H2,(H,25,27).